The minimum absolute atomic E-state index is 0.0586. The highest BCUT2D eigenvalue weighted by molar-refractivity contribution is 7.91. The van der Waals surface area contributed by atoms with Gasteiger partial charge in [0, 0.05) is 31.5 Å². The van der Waals surface area contributed by atoms with Gasteiger partial charge in [0.15, 0.2) is 15.8 Å². The number of benzene rings is 1. The Hall–Kier alpha value is -2.23. The second-order valence-electron chi connectivity index (χ2n) is 6.44. The molecule has 0 heterocycles. The van der Waals surface area contributed by atoms with Gasteiger partial charge in [-0.3, -0.25) is 15.5 Å². The Morgan fingerprint density at radius 2 is 2.00 bits per heavy atom. The van der Waals surface area contributed by atoms with Crippen LogP contribution in [0.25, 0.3) is 0 Å². The third-order valence-electron chi connectivity index (χ3n) is 4.51. The number of sulfone groups is 1. The molecule has 0 saturated heterocycles. The topological polar surface area (TPSA) is 116 Å². The minimum atomic E-state index is -3.72. The Balaban J connectivity index is 2.52. The van der Waals surface area contributed by atoms with Crippen molar-refractivity contribution in [1.29, 1.82) is 5.41 Å². The van der Waals surface area contributed by atoms with E-state index >= 15 is 0 Å². The first-order valence-corrected chi connectivity index (χ1v) is 9.66. The summed E-state index contributed by atoms with van der Waals surface area (Å²) in [5.74, 6) is -4.20. The normalized spacial score (nSPS) is 16.7. The van der Waals surface area contributed by atoms with E-state index < -0.39 is 33.7 Å². The second kappa shape index (κ2) is 6.82. The van der Waals surface area contributed by atoms with E-state index in [9.17, 15) is 22.0 Å². The van der Waals surface area contributed by atoms with Gasteiger partial charge in [0.05, 0.1) is 16.3 Å². The Bertz CT molecular complexity index is 847. The molecule has 10 heteroatoms. The average Bonchev–Trinajstić information content (AvgIpc) is 2.50. The van der Waals surface area contributed by atoms with E-state index in [4.69, 9.17) is 11.1 Å². The highest BCUT2D eigenvalue weighted by Gasteiger charge is 2.47. The van der Waals surface area contributed by atoms with Gasteiger partial charge in [-0.05, 0) is 24.6 Å². The molecule has 0 radical (unpaired) electrons. The fraction of sp³-hybridized carbons (Fsp3) is 0.500. The molecule has 4 N–H and O–H groups in total. The predicted octanol–water partition coefficient (Wildman–Crippen LogP) is 1.65. The van der Waals surface area contributed by atoms with Crippen LogP contribution in [-0.4, -0.2) is 45.0 Å². The van der Waals surface area contributed by atoms with Crippen LogP contribution in [0.15, 0.2) is 17.0 Å². The SMILES string of the molecule is CCS(=O)(=O)c1cc(C(=O)NC(=N)N)c(C)cc1N(C)C1CC(F)(F)C1. The molecule has 0 unspecified atom stereocenters. The van der Waals surface area contributed by atoms with Crippen molar-refractivity contribution in [1.82, 2.24) is 5.32 Å². The number of carbonyl (C=O) groups is 1. The van der Waals surface area contributed by atoms with Crippen molar-refractivity contribution in [3.05, 3.63) is 23.3 Å². The predicted molar refractivity (Wildman–Crippen MR) is 94.7 cm³/mol. The van der Waals surface area contributed by atoms with Gasteiger partial charge in [-0.2, -0.15) is 0 Å². The lowest BCUT2D eigenvalue weighted by atomic mass is 9.86. The number of guanidine groups is 1. The van der Waals surface area contributed by atoms with Crippen LogP contribution < -0.4 is 16.0 Å². The molecule has 0 bridgehead atoms. The summed E-state index contributed by atoms with van der Waals surface area (Å²) in [5.41, 5.74) is 5.94. The molecular formula is C16H22F2N4O3S. The molecule has 0 aromatic heterocycles. The summed E-state index contributed by atoms with van der Waals surface area (Å²) in [6, 6.07) is 2.23. The maximum atomic E-state index is 13.2. The number of halogens is 2. The van der Waals surface area contributed by atoms with Crippen molar-refractivity contribution < 1.29 is 22.0 Å². The average molecular weight is 388 g/mol. The van der Waals surface area contributed by atoms with Gasteiger partial charge in [-0.1, -0.05) is 6.92 Å². The standard InChI is InChI=1S/C16H22F2N4O3S/c1-4-26(24,25)13-6-11(14(23)21-15(19)20)9(2)5-12(13)22(3)10-7-16(17,18)8-10/h5-6,10H,4,7-8H2,1-3H3,(H4,19,20,21,23). The number of nitrogens with two attached hydrogens (primary N) is 1. The summed E-state index contributed by atoms with van der Waals surface area (Å²) in [6.45, 7) is 3.07. The zero-order valence-corrected chi connectivity index (χ0v) is 15.6. The molecule has 144 valence electrons. The Morgan fingerprint density at radius 1 is 1.42 bits per heavy atom. The van der Waals surface area contributed by atoms with Gasteiger partial charge in [-0.15, -0.1) is 0 Å². The van der Waals surface area contributed by atoms with Gasteiger partial charge in [0.2, 0.25) is 0 Å². The molecule has 7 nitrogen and oxygen atoms in total. The molecular weight excluding hydrogens is 366 g/mol. The van der Waals surface area contributed by atoms with Gasteiger partial charge < -0.3 is 10.6 Å². The number of nitrogens with zero attached hydrogens (tertiary/aromatic N) is 1. The molecule has 1 aliphatic rings. The summed E-state index contributed by atoms with van der Waals surface area (Å²) in [4.78, 5) is 13.6. The van der Waals surface area contributed by atoms with Crippen molar-refractivity contribution in [2.75, 3.05) is 17.7 Å². The summed E-state index contributed by atoms with van der Waals surface area (Å²) >= 11 is 0. The number of aryl methyl sites for hydroxylation is 1. The Labute approximate surface area is 151 Å². The zero-order valence-electron chi connectivity index (χ0n) is 14.8. The third-order valence-corrected chi connectivity index (χ3v) is 6.27. The number of anilines is 1. The van der Waals surface area contributed by atoms with E-state index in [1.54, 1.807) is 14.0 Å². The third kappa shape index (κ3) is 3.95. The van der Waals surface area contributed by atoms with Crippen molar-refractivity contribution in [2.45, 2.75) is 43.5 Å². The highest BCUT2D eigenvalue weighted by Crippen LogP contribution is 2.43. The summed E-state index contributed by atoms with van der Waals surface area (Å²) in [5, 5.41) is 9.26. The number of nitrogens with one attached hydrogen (secondary N) is 2. The van der Waals surface area contributed by atoms with Crippen LogP contribution in [0.2, 0.25) is 0 Å². The van der Waals surface area contributed by atoms with Crippen LogP contribution in [0.4, 0.5) is 14.5 Å². The van der Waals surface area contributed by atoms with E-state index in [1.807, 2.05) is 0 Å². The maximum Gasteiger partial charge on any atom is 0.258 e. The largest absolute Gasteiger partial charge is 0.370 e. The monoisotopic (exact) mass is 388 g/mol. The molecule has 1 fully saturated rings. The lowest BCUT2D eigenvalue weighted by molar-refractivity contribution is -0.0849. The van der Waals surface area contributed by atoms with E-state index in [0.29, 0.717) is 5.56 Å². The van der Waals surface area contributed by atoms with Gasteiger partial charge >= 0.3 is 0 Å². The molecule has 1 aromatic carbocycles. The number of hydrogen-bond donors (Lipinski definition) is 3. The lowest BCUT2D eigenvalue weighted by Gasteiger charge is -2.42. The van der Waals surface area contributed by atoms with Crippen LogP contribution in [0.3, 0.4) is 0 Å². The molecule has 1 aromatic rings. The molecule has 1 amide bonds. The second-order valence-corrected chi connectivity index (χ2v) is 8.68. The number of rotatable bonds is 5. The summed E-state index contributed by atoms with van der Waals surface area (Å²) in [6.07, 6.45) is -0.693. The van der Waals surface area contributed by atoms with Crippen molar-refractivity contribution in [2.24, 2.45) is 5.73 Å². The number of carbonyl (C=O) groups excluding carboxylic acids is 1. The van der Waals surface area contributed by atoms with Crippen LogP contribution in [0.1, 0.15) is 35.7 Å². The van der Waals surface area contributed by atoms with Crippen LogP contribution in [0.5, 0.6) is 0 Å². The van der Waals surface area contributed by atoms with E-state index in [2.05, 4.69) is 5.32 Å². The van der Waals surface area contributed by atoms with E-state index in [-0.39, 0.29) is 34.7 Å². The molecule has 1 saturated carbocycles. The molecule has 2 rings (SSSR count). The summed E-state index contributed by atoms with van der Waals surface area (Å²) < 4.78 is 51.4. The first-order chi connectivity index (χ1) is 11.9. The molecule has 0 atom stereocenters. The quantitative estimate of drug-likeness (QED) is 0.524. The Morgan fingerprint density at radius 3 is 2.46 bits per heavy atom. The lowest BCUT2D eigenvalue weighted by Crippen LogP contribution is -2.49. The molecule has 0 spiro atoms. The highest BCUT2D eigenvalue weighted by atomic mass is 32.2. The van der Waals surface area contributed by atoms with Crippen LogP contribution in [-0.2, 0) is 9.84 Å². The number of amides is 1. The number of alkyl halides is 2. The minimum Gasteiger partial charge on any atom is -0.370 e. The van der Waals surface area contributed by atoms with E-state index in [0.717, 1.165) is 0 Å². The smallest absolute Gasteiger partial charge is 0.258 e. The van der Waals surface area contributed by atoms with Gasteiger partial charge in [-0.25, -0.2) is 17.2 Å². The molecule has 1 aliphatic carbocycles. The van der Waals surface area contributed by atoms with Crippen LogP contribution in [0, 0.1) is 12.3 Å². The molecule has 0 aliphatic heterocycles. The van der Waals surface area contributed by atoms with Crippen LogP contribution >= 0.6 is 0 Å². The molecule has 26 heavy (non-hydrogen) atoms. The van der Waals surface area contributed by atoms with E-state index in [1.165, 1.54) is 24.0 Å². The maximum absolute atomic E-state index is 13.2. The fourth-order valence-electron chi connectivity index (χ4n) is 2.89. The van der Waals surface area contributed by atoms with Crippen molar-refractivity contribution in [3.8, 4) is 0 Å². The first-order valence-electron chi connectivity index (χ1n) is 8.01. The van der Waals surface area contributed by atoms with Gasteiger partial charge in [0.1, 0.15) is 0 Å². The van der Waals surface area contributed by atoms with Crippen molar-refractivity contribution in [3.63, 3.8) is 0 Å². The fourth-order valence-corrected chi connectivity index (χ4v) is 4.02. The van der Waals surface area contributed by atoms with Gasteiger partial charge in [0.25, 0.3) is 11.8 Å². The first kappa shape index (κ1) is 20.1. The number of hydrogen-bond acceptors (Lipinski definition) is 5. The zero-order chi connectivity index (χ0) is 19.9. The Kier molecular flexibility index (Phi) is 5.27. The van der Waals surface area contributed by atoms with Crippen molar-refractivity contribution >= 4 is 27.4 Å². The summed E-state index contributed by atoms with van der Waals surface area (Å²) in [7, 11) is -2.15.